The van der Waals surface area contributed by atoms with Crippen LogP contribution in [0.2, 0.25) is 0 Å². The van der Waals surface area contributed by atoms with Gasteiger partial charge in [0.15, 0.2) is 5.96 Å². The zero-order valence-electron chi connectivity index (χ0n) is 34.1. The summed E-state index contributed by atoms with van der Waals surface area (Å²) in [7, 11) is 0. The van der Waals surface area contributed by atoms with Crippen LogP contribution >= 0.6 is 0 Å². The van der Waals surface area contributed by atoms with Gasteiger partial charge in [0.25, 0.3) is 0 Å². The Labute approximate surface area is 334 Å². The molecule has 57 heavy (non-hydrogen) atoms. The van der Waals surface area contributed by atoms with Crippen molar-refractivity contribution in [1.29, 1.82) is 0 Å². The minimum absolute atomic E-state index is 0.0401. The molecule has 0 aliphatic heterocycles. The second kappa shape index (κ2) is 23.5. The lowest BCUT2D eigenvalue weighted by Gasteiger charge is -2.29. The maximum Gasteiger partial charge on any atom is 0.243 e. The number of hydrogen-bond donors (Lipinski definition) is 10. The van der Waals surface area contributed by atoms with E-state index in [4.69, 9.17) is 17.2 Å². The van der Waals surface area contributed by atoms with Crippen molar-refractivity contribution in [2.45, 2.75) is 117 Å². The Hall–Kier alpha value is -5.52. The second-order valence-electron chi connectivity index (χ2n) is 15.1. The van der Waals surface area contributed by atoms with Crippen LogP contribution in [0.3, 0.4) is 0 Å². The Balaban J connectivity index is 2.34. The summed E-state index contributed by atoms with van der Waals surface area (Å²) in [6.07, 6.45) is 3.59. The number of nitrogens with two attached hydrogens (primary N) is 3. The van der Waals surface area contributed by atoms with Crippen LogP contribution in [-0.4, -0.2) is 102 Å². The lowest BCUT2D eigenvalue weighted by Crippen LogP contribution is -2.60. The van der Waals surface area contributed by atoms with E-state index in [1.165, 1.54) is 6.92 Å². The Morgan fingerprint density at radius 2 is 1.42 bits per heavy atom. The van der Waals surface area contributed by atoms with Gasteiger partial charge in [-0.25, -0.2) is 0 Å². The number of guanidine groups is 1. The number of aromatic amines is 1. The molecule has 0 bridgehead atoms. The Kier molecular flexibility index (Phi) is 19.7. The summed E-state index contributed by atoms with van der Waals surface area (Å²) in [5.74, 6) is -4.50. The molecular formula is C39H63N11O7. The maximum atomic E-state index is 14.1. The molecule has 0 saturated heterocycles. The van der Waals surface area contributed by atoms with Crippen molar-refractivity contribution in [3.8, 4) is 0 Å². The summed E-state index contributed by atoms with van der Waals surface area (Å²) in [6.45, 7) is 12.3. The highest BCUT2D eigenvalue weighted by Crippen LogP contribution is 2.20. The monoisotopic (exact) mass is 797 g/mol. The number of hydrogen-bond acceptors (Lipinski definition) is 9. The molecule has 1 aromatic carbocycles. The molecule has 7 atom stereocenters. The normalized spacial score (nSPS) is 14.9. The van der Waals surface area contributed by atoms with E-state index in [2.05, 4.69) is 41.9 Å². The van der Waals surface area contributed by atoms with Crippen molar-refractivity contribution in [2.75, 3.05) is 13.1 Å². The van der Waals surface area contributed by atoms with Gasteiger partial charge < -0.3 is 58.9 Å². The number of H-pyrrole nitrogens is 1. The molecule has 0 aliphatic carbocycles. The number of fused-ring (bicyclic) bond motifs is 1. The highest BCUT2D eigenvalue weighted by Gasteiger charge is 2.34. The van der Waals surface area contributed by atoms with Gasteiger partial charge in [-0.1, -0.05) is 66.2 Å². The molecule has 0 saturated carbocycles. The summed E-state index contributed by atoms with van der Waals surface area (Å²) >= 11 is 0. The fourth-order valence-corrected chi connectivity index (χ4v) is 5.98. The van der Waals surface area contributed by atoms with Crippen molar-refractivity contribution in [3.05, 3.63) is 36.0 Å². The molecule has 1 aromatic heterocycles. The van der Waals surface area contributed by atoms with Gasteiger partial charge in [0.05, 0.1) is 12.6 Å². The molecule has 6 amide bonds. The zero-order valence-corrected chi connectivity index (χ0v) is 34.1. The molecule has 2 rings (SSSR count). The molecule has 0 aliphatic rings. The number of nitrogens with one attached hydrogen (secondary N) is 7. The van der Waals surface area contributed by atoms with Gasteiger partial charge >= 0.3 is 0 Å². The molecule has 13 N–H and O–H groups in total. The summed E-state index contributed by atoms with van der Waals surface area (Å²) < 4.78 is 0. The summed E-state index contributed by atoms with van der Waals surface area (Å²) in [5, 5.41) is 16.9. The highest BCUT2D eigenvalue weighted by molar-refractivity contribution is 5.97. The van der Waals surface area contributed by atoms with E-state index in [1.807, 2.05) is 52.0 Å². The molecule has 2 aromatic rings. The first-order chi connectivity index (χ1) is 26.9. The van der Waals surface area contributed by atoms with E-state index in [9.17, 15) is 33.6 Å². The first kappa shape index (κ1) is 47.6. The lowest BCUT2D eigenvalue weighted by atomic mass is 9.98. The third kappa shape index (κ3) is 15.5. The highest BCUT2D eigenvalue weighted by atomic mass is 16.2. The SMILES string of the molecule is CC[C@H](C)[C@H](N)C(=O)N[C@@H](C)C(=O)N[C@@H](Cc1c[nH]c2ccccc12)C(=O)N[C@@H](CC(C)C)C(=O)N[C@H](C(=O)N[C@@H](CCCN=C(N)N)C(=O)NCC=O)C(C)C. The van der Waals surface area contributed by atoms with E-state index in [0.29, 0.717) is 19.1 Å². The van der Waals surface area contributed by atoms with Crippen LogP contribution in [0, 0.1) is 17.8 Å². The quantitative estimate of drug-likeness (QED) is 0.0284. The molecule has 0 radical (unpaired) electrons. The van der Waals surface area contributed by atoms with Gasteiger partial charge in [-0.2, -0.15) is 0 Å². The smallest absolute Gasteiger partial charge is 0.243 e. The van der Waals surface area contributed by atoms with E-state index in [1.54, 1.807) is 20.0 Å². The van der Waals surface area contributed by atoms with Crippen molar-refractivity contribution in [3.63, 3.8) is 0 Å². The third-order valence-corrected chi connectivity index (χ3v) is 9.57. The van der Waals surface area contributed by atoms with Gasteiger partial charge in [-0.05, 0) is 55.6 Å². The first-order valence-corrected chi connectivity index (χ1v) is 19.5. The second-order valence-corrected chi connectivity index (χ2v) is 15.1. The van der Waals surface area contributed by atoms with Gasteiger partial charge in [0.2, 0.25) is 35.4 Å². The van der Waals surface area contributed by atoms with E-state index < -0.39 is 77.6 Å². The first-order valence-electron chi connectivity index (χ1n) is 19.5. The van der Waals surface area contributed by atoms with Gasteiger partial charge in [-0.15, -0.1) is 0 Å². The number of benzene rings is 1. The number of carbonyl (C=O) groups excluding carboxylic acids is 7. The van der Waals surface area contributed by atoms with Crippen molar-refractivity contribution < 1.29 is 33.6 Å². The Morgan fingerprint density at radius 1 is 0.789 bits per heavy atom. The molecule has 18 nitrogen and oxygen atoms in total. The Morgan fingerprint density at radius 3 is 2.04 bits per heavy atom. The fraction of sp³-hybridized carbons (Fsp3) is 0.590. The van der Waals surface area contributed by atoms with Gasteiger partial charge in [-0.3, -0.25) is 33.8 Å². The largest absolute Gasteiger partial charge is 0.370 e. The number of aromatic nitrogens is 1. The third-order valence-electron chi connectivity index (χ3n) is 9.57. The van der Waals surface area contributed by atoms with Crippen LogP contribution in [-0.2, 0) is 40.0 Å². The van der Waals surface area contributed by atoms with Gasteiger partial charge in [0, 0.05) is 30.1 Å². The summed E-state index contributed by atoms with van der Waals surface area (Å²) in [4.78, 5) is 98.9. The minimum atomic E-state index is -1.18. The zero-order chi connectivity index (χ0) is 42.8. The van der Waals surface area contributed by atoms with Gasteiger partial charge in [0.1, 0.15) is 36.5 Å². The number of para-hydroxylation sites is 1. The number of amides is 6. The number of nitrogens with zero attached hydrogens (tertiary/aromatic N) is 1. The molecule has 0 unspecified atom stereocenters. The van der Waals surface area contributed by atoms with E-state index in [-0.39, 0.29) is 50.1 Å². The van der Waals surface area contributed by atoms with Crippen LogP contribution in [0.15, 0.2) is 35.5 Å². The Bertz CT molecular complexity index is 1710. The van der Waals surface area contributed by atoms with Crippen LogP contribution in [0.25, 0.3) is 10.9 Å². The predicted molar refractivity (Wildman–Crippen MR) is 218 cm³/mol. The van der Waals surface area contributed by atoms with E-state index >= 15 is 0 Å². The molecule has 316 valence electrons. The predicted octanol–water partition coefficient (Wildman–Crippen LogP) is -0.401. The van der Waals surface area contributed by atoms with Crippen molar-refractivity contribution >= 4 is 58.6 Å². The van der Waals surface area contributed by atoms with Crippen molar-refractivity contribution in [1.82, 2.24) is 36.9 Å². The standard InChI is InChI=1S/C39H63N11O7/c1-8-23(6)31(40)37(56)46-24(7)33(52)48-30(19-25-20-45-27-13-10-9-12-26(25)27)35(54)49-29(18-21(2)3)36(55)50-32(22(4)5)38(57)47-28(34(53)43-16-17-51)14-11-15-44-39(41)42/h9-10,12-13,17,20-24,28-32,45H,8,11,14-16,18-19,40H2,1-7H3,(H,43,53)(H,46,56)(H,47,57)(H,48,52)(H,49,54)(H,50,55)(H4,41,42,44)/t23-,24-,28-,29-,30-,31-,32-/m0/s1. The average Bonchev–Trinajstić information content (AvgIpc) is 3.57. The van der Waals surface area contributed by atoms with Crippen LogP contribution < -0.4 is 49.1 Å². The molecule has 1 heterocycles. The fourth-order valence-electron chi connectivity index (χ4n) is 5.98. The molecule has 18 heteroatoms. The number of carbonyl (C=O) groups is 7. The van der Waals surface area contributed by atoms with Crippen LogP contribution in [0.1, 0.15) is 79.7 Å². The summed E-state index contributed by atoms with van der Waals surface area (Å²) in [5.41, 5.74) is 18.4. The number of rotatable bonds is 24. The minimum Gasteiger partial charge on any atom is -0.370 e. The average molecular weight is 798 g/mol. The van der Waals surface area contributed by atoms with E-state index in [0.717, 1.165) is 16.5 Å². The number of aldehydes is 1. The topological polar surface area (TPSA) is 298 Å². The molecule has 0 fully saturated rings. The lowest BCUT2D eigenvalue weighted by molar-refractivity contribution is -0.136. The molecular weight excluding hydrogens is 734 g/mol. The summed E-state index contributed by atoms with van der Waals surface area (Å²) in [6, 6.07) is 1.08. The molecule has 0 spiro atoms. The maximum absolute atomic E-state index is 14.1. The van der Waals surface area contributed by atoms with Crippen LogP contribution in [0.4, 0.5) is 0 Å². The van der Waals surface area contributed by atoms with Crippen LogP contribution in [0.5, 0.6) is 0 Å². The number of aliphatic imine (C=N–C) groups is 1. The van der Waals surface area contributed by atoms with Crippen molar-refractivity contribution in [2.24, 2.45) is 39.9 Å².